The summed E-state index contributed by atoms with van der Waals surface area (Å²) in [7, 11) is 0. The second kappa shape index (κ2) is 5.10. The van der Waals surface area contributed by atoms with Crippen molar-refractivity contribution in [3.63, 3.8) is 0 Å². The highest BCUT2D eigenvalue weighted by Gasteiger charge is 2.29. The molecular formula is C14H16N2OS. The Morgan fingerprint density at radius 3 is 3.00 bits per heavy atom. The summed E-state index contributed by atoms with van der Waals surface area (Å²) in [4.78, 5) is 0. The van der Waals surface area contributed by atoms with E-state index >= 15 is 0 Å². The molecule has 0 amide bonds. The van der Waals surface area contributed by atoms with E-state index in [9.17, 15) is 0 Å². The molecule has 0 spiro atoms. The third-order valence-electron chi connectivity index (χ3n) is 3.37. The normalized spacial score (nSPS) is 19.3. The zero-order chi connectivity index (χ0) is 12.4. The number of nitrogens with two attached hydrogens (primary N) is 1. The average Bonchev–Trinajstić information content (AvgIpc) is 3.04. The van der Waals surface area contributed by atoms with Crippen LogP contribution in [0.5, 0.6) is 5.75 Å². The van der Waals surface area contributed by atoms with E-state index < -0.39 is 0 Å². The van der Waals surface area contributed by atoms with Gasteiger partial charge in [-0.3, -0.25) is 11.3 Å². The number of hydrazine groups is 1. The molecule has 1 aliphatic heterocycles. The highest BCUT2D eigenvalue weighted by atomic mass is 32.1. The molecule has 94 valence electrons. The molecule has 4 heteroatoms. The lowest BCUT2D eigenvalue weighted by Gasteiger charge is -2.22. The molecule has 0 fully saturated rings. The molecule has 0 bridgehead atoms. The summed E-state index contributed by atoms with van der Waals surface area (Å²) in [6, 6.07) is 10.5. The highest BCUT2D eigenvalue weighted by Crippen LogP contribution is 2.30. The second-order valence-corrected chi connectivity index (χ2v) is 5.36. The minimum Gasteiger partial charge on any atom is -0.488 e. The van der Waals surface area contributed by atoms with E-state index in [1.807, 2.05) is 18.2 Å². The Kier molecular flexibility index (Phi) is 3.32. The van der Waals surface area contributed by atoms with Gasteiger partial charge in [-0.05, 0) is 40.4 Å². The topological polar surface area (TPSA) is 47.3 Å². The molecule has 3 nitrogen and oxygen atoms in total. The van der Waals surface area contributed by atoms with E-state index in [2.05, 4.69) is 28.3 Å². The summed E-state index contributed by atoms with van der Waals surface area (Å²) in [6.45, 7) is 0. The van der Waals surface area contributed by atoms with E-state index in [0.717, 1.165) is 18.6 Å². The van der Waals surface area contributed by atoms with Gasteiger partial charge in [-0.15, -0.1) is 0 Å². The first kappa shape index (κ1) is 11.7. The Bertz CT molecular complexity index is 485. The van der Waals surface area contributed by atoms with Crippen molar-refractivity contribution in [3.8, 4) is 5.75 Å². The fourth-order valence-electron chi connectivity index (χ4n) is 2.39. The molecule has 1 aliphatic rings. The smallest absolute Gasteiger partial charge is 0.123 e. The molecule has 0 saturated carbocycles. The van der Waals surface area contributed by atoms with Gasteiger partial charge in [0.25, 0.3) is 0 Å². The summed E-state index contributed by atoms with van der Waals surface area (Å²) in [5.74, 6) is 6.67. The lowest BCUT2D eigenvalue weighted by Crippen LogP contribution is -2.47. The molecule has 0 saturated heterocycles. The van der Waals surface area contributed by atoms with E-state index in [1.54, 1.807) is 11.3 Å². The van der Waals surface area contributed by atoms with Crippen LogP contribution >= 0.6 is 11.3 Å². The maximum absolute atomic E-state index is 5.97. The first-order valence-corrected chi connectivity index (χ1v) is 7.03. The lowest BCUT2D eigenvalue weighted by atomic mass is 10.00. The van der Waals surface area contributed by atoms with Crippen LogP contribution in [0.1, 0.15) is 11.1 Å². The van der Waals surface area contributed by atoms with Crippen molar-refractivity contribution < 1.29 is 4.74 Å². The van der Waals surface area contributed by atoms with Gasteiger partial charge in [0.05, 0.1) is 6.04 Å². The van der Waals surface area contributed by atoms with Crippen molar-refractivity contribution in [2.45, 2.75) is 25.0 Å². The highest BCUT2D eigenvalue weighted by molar-refractivity contribution is 7.07. The zero-order valence-electron chi connectivity index (χ0n) is 10.0. The molecule has 0 aliphatic carbocycles. The first-order chi connectivity index (χ1) is 8.86. The Balaban J connectivity index is 1.71. The van der Waals surface area contributed by atoms with Crippen molar-refractivity contribution in [2.75, 3.05) is 0 Å². The van der Waals surface area contributed by atoms with E-state index in [4.69, 9.17) is 10.6 Å². The number of hydrogen-bond acceptors (Lipinski definition) is 4. The van der Waals surface area contributed by atoms with Crippen molar-refractivity contribution in [3.05, 3.63) is 52.2 Å². The summed E-state index contributed by atoms with van der Waals surface area (Å²) >= 11 is 1.71. The summed E-state index contributed by atoms with van der Waals surface area (Å²) in [5.41, 5.74) is 5.48. The predicted molar refractivity (Wildman–Crippen MR) is 73.7 cm³/mol. The van der Waals surface area contributed by atoms with Crippen molar-refractivity contribution in [2.24, 2.45) is 5.84 Å². The van der Waals surface area contributed by atoms with Gasteiger partial charge in [0.15, 0.2) is 0 Å². The molecule has 2 heterocycles. The van der Waals surface area contributed by atoms with Gasteiger partial charge in [-0.2, -0.15) is 11.3 Å². The number of para-hydroxylation sites is 1. The molecule has 2 atom stereocenters. The fraction of sp³-hybridized carbons (Fsp3) is 0.286. The first-order valence-electron chi connectivity index (χ1n) is 6.08. The second-order valence-electron chi connectivity index (χ2n) is 4.58. The van der Waals surface area contributed by atoms with Crippen LogP contribution in [0.15, 0.2) is 41.1 Å². The van der Waals surface area contributed by atoms with Crippen molar-refractivity contribution >= 4 is 11.3 Å². The van der Waals surface area contributed by atoms with Crippen LogP contribution in [0, 0.1) is 0 Å². The largest absolute Gasteiger partial charge is 0.488 e. The Hall–Kier alpha value is -1.36. The number of nitrogens with one attached hydrogen (secondary N) is 1. The molecule has 3 N–H and O–H groups in total. The van der Waals surface area contributed by atoms with Gasteiger partial charge in [0.1, 0.15) is 11.9 Å². The number of rotatable bonds is 4. The predicted octanol–water partition coefficient (Wildman–Crippen LogP) is 2.13. The van der Waals surface area contributed by atoms with Crippen LogP contribution < -0.4 is 16.0 Å². The molecular weight excluding hydrogens is 244 g/mol. The van der Waals surface area contributed by atoms with E-state index in [-0.39, 0.29) is 12.1 Å². The molecule has 1 aromatic heterocycles. The van der Waals surface area contributed by atoms with Crippen LogP contribution in [-0.2, 0) is 12.8 Å². The molecule has 2 aromatic rings. The SMILES string of the molecule is NNC(Cc1ccsc1)C1Cc2ccccc2O1. The molecule has 3 rings (SSSR count). The Morgan fingerprint density at radius 2 is 2.28 bits per heavy atom. The monoisotopic (exact) mass is 260 g/mol. The zero-order valence-corrected chi connectivity index (χ0v) is 10.8. The van der Waals surface area contributed by atoms with Crippen molar-refractivity contribution in [1.29, 1.82) is 0 Å². The molecule has 18 heavy (non-hydrogen) atoms. The number of ether oxygens (including phenoxy) is 1. The quantitative estimate of drug-likeness (QED) is 0.654. The number of hydrogen-bond donors (Lipinski definition) is 2. The number of fused-ring (bicyclic) bond motifs is 1. The minimum atomic E-state index is 0.118. The van der Waals surface area contributed by atoms with Crippen LogP contribution in [0.3, 0.4) is 0 Å². The van der Waals surface area contributed by atoms with Gasteiger partial charge >= 0.3 is 0 Å². The van der Waals surface area contributed by atoms with Crippen LogP contribution in [0.4, 0.5) is 0 Å². The van der Waals surface area contributed by atoms with Gasteiger partial charge in [-0.25, -0.2) is 0 Å². The summed E-state index contributed by atoms with van der Waals surface area (Å²) in [5, 5.41) is 4.25. The van der Waals surface area contributed by atoms with Crippen LogP contribution in [0.25, 0.3) is 0 Å². The molecule has 1 aromatic carbocycles. The summed E-state index contributed by atoms with van der Waals surface area (Å²) in [6.07, 6.45) is 1.95. The van der Waals surface area contributed by atoms with Crippen molar-refractivity contribution in [1.82, 2.24) is 5.43 Å². The third kappa shape index (κ3) is 2.27. The van der Waals surface area contributed by atoms with Crippen LogP contribution in [-0.4, -0.2) is 12.1 Å². The number of thiophene rings is 1. The lowest BCUT2D eigenvalue weighted by molar-refractivity contribution is 0.177. The van der Waals surface area contributed by atoms with Gasteiger partial charge in [0, 0.05) is 6.42 Å². The molecule has 2 unspecified atom stereocenters. The van der Waals surface area contributed by atoms with Gasteiger partial charge < -0.3 is 4.74 Å². The average molecular weight is 260 g/mol. The van der Waals surface area contributed by atoms with E-state index in [0.29, 0.717) is 0 Å². The van der Waals surface area contributed by atoms with Gasteiger partial charge in [0.2, 0.25) is 0 Å². The standard InChI is InChI=1S/C14H16N2OS/c15-16-12(7-10-5-6-18-9-10)14-8-11-3-1-2-4-13(11)17-14/h1-6,9,12,14,16H,7-8,15H2. The van der Waals surface area contributed by atoms with E-state index in [1.165, 1.54) is 11.1 Å². The Labute approximate surface area is 111 Å². The Morgan fingerprint density at radius 1 is 1.39 bits per heavy atom. The summed E-state index contributed by atoms with van der Waals surface area (Å²) < 4.78 is 5.97. The molecule has 0 radical (unpaired) electrons. The maximum atomic E-state index is 5.97. The third-order valence-corrected chi connectivity index (χ3v) is 4.10. The fourth-order valence-corrected chi connectivity index (χ4v) is 3.08. The number of benzene rings is 1. The van der Waals surface area contributed by atoms with Crippen LogP contribution in [0.2, 0.25) is 0 Å². The van der Waals surface area contributed by atoms with Gasteiger partial charge in [-0.1, -0.05) is 18.2 Å². The minimum absolute atomic E-state index is 0.118. The maximum Gasteiger partial charge on any atom is 0.123 e.